The predicted octanol–water partition coefficient (Wildman–Crippen LogP) is 6.13. The first kappa shape index (κ1) is 27.2. The van der Waals surface area contributed by atoms with Crippen molar-refractivity contribution in [1.29, 1.82) is 0 Å². The molecule has 0 saturated carbocycles. The molecule has 1 N–H and O–H groups in total. The Kier molecular flexibility index (Phi) is 8.70. The van der Waals surface area contributed by atoms with Gasteiger partial charge in [-0.2, -0.15) is 8.42 Å². The van der Waals surface area contributed by atoms with Crippen LogP contribution in [0, 0.1) is 5.82 Å². The lowest BCUT2D eigenvalue weighted by Crippen LogP contribution is -2.08. The van der Waals surface area contributed by atoms with E-state index in [2.05, 4.69) is 6.58 Å². The summed E-state index contributed by atoms with van der Waals surface area (Å²) >= 11 is 5.78. The van der Waals surface area contributed by atoms with E-state index < -0.39 is 15.9 Å². The van der Waals surface area contributed by atoms with Gasteiger partial charge in [-0.1, -0.05) is 36.4 Å². The quantitative estimate of drug-likeness (QED) is 0.233. The number of methoxy groups -OCH3 is 2. The third-order valence-corrected chi connectivity index (χ3v) is 5.79. The molecule has 10 heteroatoms. The summed E-state index contributed by atoms with van der Waals surface area (Å²) in [6, 6.07) is 11.9. The van der Waals surface area contributed by atoms with Crippen molar-refractivity contribution in [2.24, 2.45) is 0 Å². The Balaban J connectivity index is 2.11. The Hall–Kier alpha value is -3.43. The number of rotatable bonds is 11. The lowest BCUT2D eigenvalue weighted by Gasteiger charge is -2.19. The Labute approximate surface area is 214 Å². The summed E-state index contributed by atoms with van der Waals surface area (Å²) < 4.78 is 59.1. The second-order valence-corrected chi connectivity index (χ2v) is 9.92. The zero-order valence-electron chi connectivity index (χ0n) is 20.0. The van der Waals surface area contributed by atoms with Crippen LogP contribution >= 0.6 is 11.6 Å². The highest BCUT2D eigenvalue weighted by atomic mass is 35.5. The summed E-state index contributed by atoms with van der Waals surface area (Å²) in [5.41, 5.74) is 1.69. The summed E-state index contributed by atoms with van der Waals surface area (Å²) in [6.07, 6.45) is 2.02. The van der Waals surface area contributed by atoms with Crippen LogP contribution < -0.4 is 18.4 Å². The van der Waals surface area contributed by atoms with Crippen LogP contribution in [0.15, 0.2) is 60.1 Å². The minimum Gasteiger partial charge on any atom is -0.504 e. The lowest BCUT2D eigenvalue weighted by molar-refractivity contribution is 0.302. The van der Waals surface area contributed by atoms with Crippen LogP contribution in [0.25, 0.3) is 22.3 Å². The number of halogens is 2. The largest absolute Gasteiger partial charge is 0.504 e. The minimum absolute atomic E-state index is 0.0669. The molecule has 0 unspecified atom stereocenters. The standard InChI is InChI=1S/C26H26ClFO7S/c1-16(27)6-5-13-34-21-12-9-18(14-22(21)35-36(4,30)31)24-23(32-2)15-20(26(33-3)25(24)29)17-7-10-19(28)11-8-17/h7-12,14-15,29H,1,5-6,13H2,2-4H3. The zero-order chi connectivity index (χ0) is 26.5. The third-order valence-electron chi connectivity index (χ3n) is 5.12. The molecule has 3 rings (SSSR count). The number of aromatic hydroxyl groups is 1. The maximum atomic E-state index is 13.4. The molecule has 3 aromatic carbocycles. The second kappa shape index (κ2) is 11.5. The summed E-state index contributed by atoms with van der Waals surface area (Å²) in [6.45, 7) is 3.87. The Morgan fingerprint density at radius 2 is 1.67 bits per heavy atom. The highest BCUT2D eigenvalue weighted by Gasteiger charge is 2.23. The van der Waals surface area contributed by atoms with Crippen molar-refractivity contribution in [3.05, 3.63) is 66.0 Å². The van der Waals surface area contributed by atoms with E-state index in [1.165, 1.54) is 38.5 Å². The number of hydrogen-bond donors (Lipinski definition) is 1. The first-order valence-corrected chi connectivity index (χ1v) is 13.0. The van der Waals surface area contributed by atoms with E-state index in [9.17, 15) is 17.9 Å². The van der Waals surface area contributed by atoms with Gasteiger partial charge < -0.3 is 23.5 Å². The lowest BCUT2D eigenvalue weighted by atomic mass is 9.96. The normalized spacial score (nSPS) is 11.1. The van der Waals surface area contributed by atoms with Crippen molar-refractivity contribution in [3.8, 4) is 51.0 Å². The molecule has 192 valence electrons. The van der Waals surface area contributed by atoms with Gasteiger partial charge in [0.05, 0.1) is 32.6 Å². The van der Waals surface area contributed by atoms with Crippen molar-refractivity contribution < 1.29 is 36.3 Å². The minimum atomic E-state index is -3.89. The Morgan fingerprint density at radius 3 is 2.25 bits per heavy atom. The van der Waals surface area contributed by atoms with Crippen LogP contribution in [0.3, 0.4) is 0 Å². The molecule has 0 aliphatic heterocycles. The highest BCUT2D eigenvalue weighted by molar-refractivity contribution is 7.86. The molecular formula is C26H26ClFO7S. The van der Waals surface area contributed by atoms with Gasteiger partial charge in [0.25, 0.3) is 0 Å². The van der Waals surface area contributed by atoms with E-state index in [1.54, 1.807) is 24.3 Å². The fraction of sp³-hybridized carbons (Fsp3) is 0.231. The first-order valence-electron chi connectivity index (χ1n) is 10.8. The molecule has 0 fully saturated rings. The van der Waals surface area contributed by atoms with Gasteiger partial charge >= 0.3 is 10.1 Å². The van der Waals surface area contributed by atoms with Crippen molar-refractivity contribution in [1.82, 2.24) is 0 Å². The van der Waals surface area contributed by atoms with Crippen molar-refractivity contribution in [3.63, 3.8) is 0 Å². The fourth-order valence-electron chi connectivity index (χ4n) is 3.57. The average molecular weight is 537 g/mol. The third kappa shape index (κ3) is 6.61. The summed E-state index contributed by atoms with van der Waals surface area (Å²) in [4.78, 5) is 0. The van der Waals surface area contributed by atoms with Crippen LogP contribution in [0.2, 0.25) is 0 Å². The molecule has 0 aliphatic carbocycles. The summed E-state index contributed by atoms with van der Waals surface area (Å²) in [5, 5.41) is 11.7. The molecule has 7 nitrogen and oxygen atoms in total. The molecule has 36 heavy (non-hydrogen) atoms. The van der Waals surface area contributed by atoms with Gasteiger partial charge in [-0.3, -0.25) is 0 Å². The maximum Gasteiger partial charge on any atom is 0.306 e. The molecule has 0 saturated heterocycles. The van der Waals surface area contributed by atoms with Crippen LogP contribution in [0.5, 0.6) is 28.7 Å². The molecule has 0 radical (unpaired) electrons. The van der Waals surface area contributed by atoms with E-state index >= 15 is 0 Å². The maximum absolute atomic E-state index is 13.4. The molecule has 0 amide bonds. The topological polar surface area (TPSA) is 91.3 Å². The van der Waals surface area contributed by atoms with E-state index in [0.29, 0.717) is 34.6 Å². The predicted molar refractivity (Wildman–Crippen MR) is 137 cm³/mol. The number of benzene rings is 3. The molecular weight excluding hydrogens is 511 g/mol. The van der Waals surface area contributed by atoms with E-state index in [-0.39, 0.29) is 40.9 Å². The van der Waals surface area contributed by atoms with Crippen LogP contribution in [0.4, 0.5) is 4.39 Å². The molecule has 0 aromatic heterocycles. The Morgan fingerprint density at radius 1 is 1.00 bits per heavy atom. The smallest absolute Gasteiger partial charge is 0.306 e. The number of ether oxygens (including phenoxy) is 3. The van der Waals surface area contributed by atoms with Crippen molar-refractivity contribution in [2.75, 3.05) is 27.1 Å². The zero-order valence-corrected chi connectivity index (χ0v) is 21.6. The second-order valence-electron chi connectivity index (χ2n) is 7.81. The van der Waals surface area contributed by atoms with Gasteiger partial charge in [0.2, 0.25) is 0 Å². The van der Waals surface area contributed by atoms with Crippen LogP contribution in [0.1, 0.15) is 12.8 Å². The van der Waals surface area contributed by atoms with Crippen molar-refractivity contribution >= 4 is 21.7 Å². The number of phenols is 1. The van der Waals surface area contributed by atoms with E-state index in [1.807, 2.05) is 0 Å². The van der Waals surface area contributed by atoms with Crippen LogP contribution in [-0.4, -0.2) is 40.6 Å². The SMILES string of the molecule is C=C(Cl)CCCOc1ccc(-c2c(OC)cc(-c3ccc(F)cc3)c(OC)c2O)cc1OS(C)(=O)=O. The molecule has 0 aliphatic rings. The van der Waals surface area contributed by atoms with E-state index in [0.717, 1.165) is 6.26 Å². The molecule has 3 aromatic rings. The molecule has 0 heterocycles. The monoisotopic (exact) mass is 536 g/mol. The average Bonchev–Trinajstić information content (AvgIpc) is 2.81. The summed E-state index contributed by atoms with van der Waals surface area (Å²) in [5.74, 6) is -0.133. The number of allylic oxidation sites excluding steroid dienone is 1. The van der Waals surface area contributed by atoms with Gasteiger partial charge in [0.1, 0.15) is 11.6 Å². The van der Waals surface area contributed by atoms with Crippen molar-refractivity contribution in [2.45, 2.75) is 12.8 Å². The van der Waals surface area contributed by atoms with Crippen LogP contribution in [-0.2, 0) is 10.1 Å². The summed E-state index contributed by atoms with van der Waals surface area (Å²) in [7, 11) is -1.07. The number of hydrogen-bond acceptors (Lipinski definition) is 7. The van der Waals surface area contributed by atoms with Gasteiger partial charge in [-0.25, -0.2) is 4.39 Å². The van der Waals surface area contributed by atoms with Gasteiger partial charge in [-0.05, 0) is 54.3 Å². The molecule has 0 spiro atoms. The van der Waals surface area contributed by atoms with Gasteiger partial charge in [0, 0.05) is 10.6 Å². The Bertz CT molecular complexity index is 1360. The highest BCUT2D eigenvalue weighted by Crippen LogP contribution is 2.50. The first-order chi connectivity index (χ1) is 17.0. The molecule has 0 atom stereocenters. The van der Waals surface area contributed by atoms with Gasteiger partial charge in [0.15, 0.2) is 23.0 Å². The number of phenolic OH excluding ortho intramolecular Hbond substituents is 1. The molecule has 0 bridgehead atoms. The van der Waals surface area contributed by atoms with E-state index in [4.69, 9.17) is 30.0 Å². The fourth-order valence-corrected chi connectivity index (χ4v) is 4.16. The van der Waals surface area contributed by atoms with Gasteiger partial charge in [-0.15, -0.1) is 0 Å².